The molecule has 1 fully saturated rings. The molecule has 14 heteroatoms. The van der Waals surface area contributed by atoms with E-state index >= 15 is 0 Å². The average molecular weight is 583 g/mol. The van der Waals surface area contributed by atoms with Crippen LogP contribution in [0.25, 0.3) is 6.20 Å². The summed E-state index contributed by atoms with van der Waals surface area (Å²) in [5.74, 6) is 0.606. The van der Waals surface area contributed by atoms with Crippen molar-refractivity contribution in [2.75, 3.05) is 19.3 Å². The Balaban J connectivity index is 1.16. The molecule has 0 saturated carbocycles. The minimum Gasteiger partial charge on any atom is -0.383 e. The summed E-state index contributed by atoms with van der Waals surface area (Å²) < 4.78 is 67.9. The van der Waals surface area contributed by atoms with E-state index in [1.807, 2.05) is 6.07 Å². The van der Waals surface area contributed by atoms with Gasteiger partial charge in [-0.3, -0.25) is 10.6 Å². The summed E-state index contributed by atoms with van der Waals surface area (Å²) in [5.41, 5.74) is 2.46. The smallest absolute Gasteiger partial charge is 0.383 e. The maximum Gasteiger partial charge on any atom is 0.435 e. The standard InChI is InChI=1S/C25H29F3N6O3S2/c1-16-11-22(25(26,27)28)32-34(16)10-9-33-7-5-17(6-8-33)24-31-21(15-38-24)23-29-13-18-3-4-20(37-39(2,35)36)12-19(18)14-30-23/h3-4,9-12,15,17,23,29-30H,5-8,13-14H2,1-2H3. The molecule has 0 bridgehead atoms. The third-order valence-electron chi connectivity index (χ3n) is 6.76. The van der Waals surface area contributed by atoms with Gasteiger partial charge in [-0.25, -0.2) is 9.67 Å². The second-order valence-corrected chi connectivity index (χ2v) is 12.2. The van der Waals surface area contributed by atoms with Crippen LogP contribution in [0.2, 0.25) is 0 Å². The van der Waals surface area contributed by atoms with Crippen molar-refractivity contribution in [3.63, 3.8) is 0 Å². The van der Waals surface area contributed by atoms with E-state index < -0.39 is 22.0 Å². The predicted octanol–water partition coefficient (Wildman–Crippen LogP) is 4.20. The summed E-state index contributed by atoms with van der Waals surface area (Å²) in [6.45, 7) is 4.28. The van der Waals surface area contributed by atoms with Crippen molar-refractivity contribution in [2.45, 2.75) is 51.1 Å². The zero-order valence-corrected chi connectivity index (χ0v) is 23.0. The van der Waals surface area contributed by atoms with E-state index in [-0.39, 0.29) is 6.17 Å². The third-order valence-corrected chi connectivity index (χ3v) is 8.29. The lowest BCUT2D eigenvalue weighted by Crippen LogP contribution is -2.31. The van der Waals surface area contributed by atoms with Crippen LogP contribution >= 0.6 is 11.3 Å². The lowest BCUT2D eigenvalue weighted by atomic mass is 9.98. The van der Waals surface area contributed by atoms with Gasteiger partial charge >= 0.3 is 16.3 Å². The molecule has 0 radical (unpaired) electrons. The second kappa shape index (κ2) is 10.9. The van der Waals surface area contributed by atoms with Crippen molar-refractivity contribution < 1.29 is 25.8 Å². The number of nitrogens with one attached hydrogen (secondary N) is 2. The normalized spacial score (nSPS) is 19.3. The van der Waals surface area contributed by atoms with Crippen LogP contribution in [0.3, 0.4) is 0 Å². The fourth-order valence-corrected chi connectivity index (χ4v) is 6.19. The summed E-state index contributed by atoms with van der Waals surface area (Å²) in [6.07, 6.45) is 1.57. The molecule has 3 aromatic rings. The molecule has 5 rings (SSSR count). The zero-order valence-electron chi connectivity index (χ0n) is 21.4. The highest BCUT2D eigenvalue weighted by atomic mass is 32.2. The largest absolute Gasteiger partial charge is 0.435 e. The van der Waals surface area contributed by atoms with E-state index in [0.29, 0.717) is 30.5 Å². The highest BCUT2D eigenvalue weighted by Gasteiger charge is 2.34. The molecule has 1 aromatic carbocycles. The van der Waals surface area contributed by atoms with Crippen molar-refractivity contribution >= 4 is 27.7 Å². The summed E-state index contributed by atoms with van der Waals surface area (Å²) in [6, 6.07) is 6.30. The molecule has 2 N–H and O–H groups in total. The summed E-state index contributed by atoms with van der Waals surface area (Å²) in [7, 11) is -3.59. The van der Waals surface area contributed by atoms with Crippen molar-refractivity contribution in [3.05, 3.63) is 69.1 Å². The molecule has 2 aliphatic heterocycles. The molecule has 0 amide bonds. The van der Waals surface area contributed by atoms with Gasteiger partial charge in [0.2, 0.25) is 0 Å². The van der Waals surface area contributed by atoms with Crippen LogP contribution in [-0.2, 0) is 29.4 Å². The molecule has 2 aromatic heterocycles. The quantitative estimate of drug-likeness (QED) is 0.417. The number of aryl methyl sites for hydroxylation is 1. The zero-order chi connectivity index (χ0) is 27.8. The SMILES string of the molecule is Cc1cc(C(F)(F)F)nn1C=CN1CCC(c2nc(C3NCc4ccc(OS(C)(=O)=O)cc4CN3)cs2)CC1. The number of likely N-dealkylation sites (tertiary alicyclic amines) is 1. The molecule has 210 valence electrons. The fourth-order valence-electron chi connectivity index (χ4n) is 4.72. The third kappa shape index (κ3) is 6.80. The summed E-state index contributed by atoms with van der Waals surface area (Å²) in [4.78, 5) is 7.01. The minimum absolute atomic E-state index is 0.149. The maximum absolute atomic E-state index is 12.9. The van der Waals surface area contributed by atoms with Crippen LogP contribution in [0.4, 0.5) is 13.2 Å². The van der Waals surface area contributed by atoms with Gasteiger partial charge in [0.1, 0.15) is 11.9 Å². The summed E-state index contributed by atoms with van der Waals surface area (Å²) in [5, 5.41) is 13.7. The molecule has 1 unspecified atom stereocenters. The first kappa shape index (κ1) is 27.6. The molecule has 0 spiro atoms. The summed E-state index contributed by atoms with van der Waals surface area (Å²) >= 11 is 1.63. The molecule has 2 aliphatic rings. The van der Waals surface area contributed by atoms with Crippen LogP contribution in [-0.4, -0.2) is 47.4 Å². The van der Waals surface area contributed by atoms with Gasteiger partial charge in [0.25, 0.3) is 0 Å². The van der Waals surface area contributed by atoms with Gasteiger partial charge in [-0.15, -0.1) is 11.3 Å². The number of hydrogen-bond donors (Lipinski definition) is 2. The number of thiazole rings is 1. The number of nitrogens with zero attached hydrogens (tertiary/aromatic N) is 4. The van der Waals surface area contributed by atoms with Crippen LogP contribution in [0.15, 0.2) is 35.8 Å². The van der Waals surface area contributed by atoms with Crippen LogP contribution in [0.5, 0.6) is 5.75 Å². The second-order valence-electron chi connectivity index (χ2n) is 9.75. The first-order chi connectivity index (χ1) is 18.4. The lowest BCUT2D eigenvalue weighted by molar-refractivity contribution is -0.141. The number of halogens is 3. The monoisotopic (exact) mass is 582 g/mol. The highest BCUT2D eigenvalue weighted by molar-refractivity contribution is 7.86. The van der Waals surface area contributed by atoms with Gasteiger partial charge in [-0.05, 0) is 49.1 Å². The van der Waals surface area contributed by atoms with E-state index in [9.17, 15) is 21.6 Å². The van der Waals surface area contributed by atoms with E-state index in [2.05, 4.69) is 26.0 Å². The van der Waals surface area contributed by atoms with Gasteiger partial charge in [0, 0.05) is 55.6 Å². The Morgan fingerprint density at radius 2 is 1.82 bits per heavy atom. The van der Waals surface area contributed by atoms with Crippen molar-refractivity contribution in [1.29, 1.82) is 0 Å². The number of fused-ring (bicyclic) bond motifs is 1. The Bertz CT molecular complexity index is 1460. The number of hydrogen-bond acceptors (Lipinski definition) is 9. The number of rotatable bonds is 6. The average Bonchev–Trinajstić information content (AvgIpc) is 3.44. The Morgan fingerprint density at radius 3 is 2.49 bits per heavy atom. The van der Waals surface area contributed by atoms with Gasteiger partial charge in [0.05, 0.1) is 17.0 Å². The molecule has 4 heterocycles. The number of alkyl halides is 3. The Hall–Kier alpha value is -2.94. The molecule has 1 saturated heterocycles. The fraction of sp³-hybridized carbons (Fsp3) is 0.440. The first-order valence-electron chi connectivity index (χ1n) is 12.4. The van der Waals surface area contributed by atoms with E-state index in [0.717, 1.165) is 60.1 Å². The van der Waals surface area contributed by atoms with Crippen LogP contribution < -0.4 is 14.8 Å². The van der Waals surface area contributed by atoms with Gasteiger partial charge in [0.15, 0.2) is 5.69 Å². The number of piperidine rings is 1. The Morgan fingerprint density at radius 1 is 1.10 bits per heavy atom. The molecular formula is C25H29F3N6O3S2. The van der Waals surface area contributed by atoms with Crippen LogP contribution in [0, 0.1) is 6.92 Å². The van der Waals surface area contributed by atoms with E-state index in [1.54, 1.807) is 42.8 Å². The highest BCUT2D eigenvalue weighted by Crippen LogP contribution is 2.32. The Labute approximate surface area is 228 Å². The predicted molar refractivity (Wildman–Crippen MR) is 141 cm³/mol. The van der Waals surface area contributed by atoms with Gasteiger partial charge in [-0.1, -0.05) is 6.07 Å². The van der Waals surface area contributed by atoms with Gasteiger partial charge < -0.3 is 9.08 Å². The van der Waals surface area contributed by atoms with E-state index in [4.69, 9.17) is 9.17 Å². The van der Waals surface area contributed by atoms with Crippen molar-refractivity contribution in [2.24, 2.45) is 0 Å². The van der Waals surface area contributed by atoms with Gasteiger partial charge in [-0.2, -0.15) is 26.7 Å². The number of benzene rings is 1. The first-order valence-corrected chi connectivity index (χ1v) is 15.1. The molecule has 9 nitrogen and oxygen atoms in total. The van der Waals surface area contributed by atoms with E-state index in [1.165, 1.54) is 4.68 Å². The van der Waals surface area contributed by atoms with Crippen molar-refractivity contribution in [3.8, 4) is 5.75 Å². The molecule has 39 heavy (non-hydrogen) atoms. The van der Waals surface area contributed by atoms with Crippen molar-refractivity contribution in [1.82, 2.24) is 30.3 Å². The lowest BCUT2D eigenvalue weighted by Gasteiger charge is -2.30. The maximum atomic E-state index is 12.9. The topological polar surface area (TPSA) is 101 Å². The van der Waals surface area contributed by atoms with Crippen LogP contribution in [0.1, 0.15) is 58.1 Å². The molecular weight excluding hydrogens is 553 g/mol. The molecule has 1 atom stereocenters. The molecule has 0 aliphatic carbocycles. The minimum atomic E-state index is -4.46. The number of aromatic nitrogens is 3. The Kier molecular flexibility index (Phi) is 7.73.